The maximum Gasteiger partial charge on any atom is 0.427 e. The fourth-order valence-corrected chi connectivity index (χ4v) is 8.84. The molecule has 0 radical (unpaired) electrons. The summed E-state index contributed by atoms with van der Waals surface area (Å²) >= 11 is 0. The van der Waals surface area contributed by atoms with Crippen LogP contribution in [0.15, 0.2) is 42.6 Å². The summed E-state index contributed by atoms with van der Waals surface area (Å²) in [7, 11) is -4.08. The molecule has 3 heterocycles. The third-order valence-electron chi connectivity index (χ3n) is 11.9. The standard InChI is InChI=1S/C40H52F3N5O9S/c1-7-55-30-21-44-33(28-14-9-8-13-27(28)30)56-26-19-29-32(49)46-39(35(51)47-58(53,54)38(6)17-18-38)20-25(39)16-15-23(2)11-10-12-24(3)31(34(50)48(29)22-26)45-36(52)57-37(4,5)40(41,42)43/h8-9,13-16,21,23-26,29,31H,7,10-12,17-20,22H2,1-6H3,(H,45,52)(H,46,49)(H,47,51)/b16-15-/t23-,24+,25+,26+,29-,31-,39+/m0/s1. The number of allylic oxidation sites excluding steroid dienone is 1. The second kappa shape index (κ2) is 15.9. The number of alkyl halides is 3. The van der Waals surface area contributed by atoms with E-state index in [1.807, 2.05) is 32.1 Å². The molecule has 2 saturated carbocycles. The molecule has 318 valence electrons. The number of carbonyl (C=O) groups is 4. The van der Waals surface area contributed by atoms with Crippen LogP contribution in [0.1, 0.15) is 86.5 Å². The van der Waals surface area contributed by atoms with E-state index in [-0.39, 0.29) is 31.2 Å². The van der Waals surface area contributed by atoms with Crippen molar-refractivity contribution in [2.24, 2.45) is 17.8 Å². The summed E-state index contributed by atoms with van der Waals surface area (Å²) in [6.07, 6.45) is 0.235. The number of hydrogen-bond donors (Lipinski definition) is 3. The molecule has 1 aromatic heterocycles. The third-order valence-corrected chi connectivity index (χ3v) is 14.0. The van der Waals surface area contributed by atoms with Crippen LogP contribution in [0.5, 0.6) is 11.6 Å². The van der Waals surface area contributed by atoms with Crippen LogP contribution >= 0.6 is 0 Å². The highest BCUT2D eigenvalue weighted by atomic mass is 32.2. The van der Waals surface area contributed by atoms with E-state index in [1.54, 1.807) is 25.1 Å². The summed E-state index contributed by atoms with van der Waals surface area (Å²) in [6.45, 7) is 8.56. The Labute approximate surface area is 336 Å². The zero-order valence-corrected chi connectivity index (χ0v) is 34.3. The Morgan fingerprint density at radius 1 is 1.07 bits per heavy atom. The van der Waals surface area contributed by atoms with E-state index >= 15 is 0 Å². The Balaban J connectivity index is 1.35. The number of alkyl carbamates (subject to hydrolysis) is 1. The van der Waals surface area contributed by atoms with Gasteiger partial charge in [-0.05, 0) is 77.7 Å². The van der Waals surface area contributed by atoms with Gasteiger partial charge in [0.05, 0.1) is 24.1 Å². The number of nitrogens with one attached hydrogen (secondary N) is 3. The monoisotopic (exact) mass is 835 g/mol. The second-order valence-corrected chi connectivity index (χ2v) is 19.0. The zero-order chi connectivity index (χ0) is 42.4. The molecule has 0 unspecified atom stereocenters. The molecule has 0 spiro atoms. The number of amides is 4. The lowest BCUT2D eigenvalue weighted by Gasteiger charge is -2.33. The Kier molecular flexibility index (Phi) is 11.8. The lowest BCUT2D eigenvalue weighted by Crippen LogP contribution is -2.59. The number of rotatable bonds is 9. The van der Waals surface area contributed by atoms with Crippen molar-refractivity contribution in [1.82, 2.24) is 25.2 Å². The molecule has 7 atom stereocenters. The van der Waals surface area contributed by atoms with Crippen LogP contribution in [0.2, 0.25) is 0 Å². The number of sulfonamides is 1. The first-order chi connectivity index (χ1) is 27.1. The lowest BCUT2D eigenvalue weighted by molar-refractivity contribution is -0.244. The molecule has 18 heteroatoms. The highest BCUT2D eigenvalue weighted by Gasteiger charge is 2.63. The number of benzene rings is 1. The highest BCUT2D eigenvalue weighted by Crippen LogP contribution is 2.48. The number of halogens is 3. The number of fused-ring (bicyclic) bond motifs is 3. The fourth-order valence-electron chi connectivity index (χ4n) is 7.52. The molecule has 2 aromatic rings. The molecule has 0 bridgehead atoms. The van der Waals surface area contributed by atoms with Crippen molar-refractivity contribution in [3.8, 4) is 11.6 Å². The van der Waals surface area contributed by atoms with Crippen molar-refractivity contribution >= 4 is 44.6 Å². The van der Waals surface area contributed by atoms with Crippen LogP contribution in [0.4, 0.5) is 18.0 Å². The fraction of sp³-hybridized carbons (Fsp3) is 0.625. The van der Waals surface area contributed by atoms with Gasteiger partial charge in [-0.3, -0.25) is 19.1 Å². The number of aromatic nitrogens is 1. The predicted octanol–water partition coefficient (Wildman–Crippen LogP) is 5.30. The van der Waals surface area contributed by atoms with Crippen LogP contribution in [0, 0.1) is 17.8 Å². The predicted molar refractivity (Wildman–Crippen MR) is 206 cm³/mol. The quantitative estimate of drug-likeness (QED) is 0.281. The minimum absolute atomic E-state index is 0.0310. The molecule has 4 aliphatic rings. The van der Waals surface area contributed by atoms with Crippen LogP contribution < -0.4 is 24.8 Å². The molecule has 3 fully saturated rings. The Bertz CT molecular complexity index is 2070. The topological polar surface area (TPSA) is 182 Å². The first kappa shape index (κ1) is 43.0. The molecule has 3 N–H and O–H groups in total. The normalized spacial score (nSPS) is 29.4. The van der Waals surface area contributed by atoms with Gasteiger partial charge in [0.2, 0.25) is 33.3 Å². The number of ether oxygens (including phenoxy) is 3. The number of carbonyl (C=O) groups excluding carboxylic acids is 4. The summed E-state index contributed by atoms with van der Waals surface area (Å²) in [6, 6.07) is 4.47. The van der Waals surface area contributed by atoms with E-state index in [1.165, 1.54) is 18.0 Å². The Hall–Kier alpha value is -4.61. The summed E-state index contributed by atoms with van der Waals surface area (Å²) in [5.74, 6) is -2.95. The van der Waals surface area contributed by atoms with Crippen LogP contribution in [-0.4, -0.2) is 95.5 Å². The van der Waals surface area contributed by atoms with Gasteiger partial charge >= 0.3 is 12.3 Å². The Morgan fingerprint density at radius 3 is 2.41 bits per heavy atom. The van der Waals surface area contributed by atoms with E-state index in [4.69, 9.17) is 14.2 Å². The Morgan fingerprint density at radius 2 is 1.76 bits per heavy atom. The van der Waals surface area contributed by atoms with Gasteiger partial charge < -0.3 is 29.7 Å². The van der Waals surface area contributed by atoms with E-state index in [9.17, 15) is 40.8 Å². The van der Waals surface area contributed by atoms with Crippen LogP contribution in [-0.2, 0) is 29.1 Å². The maximum absolute atomic E-state index is 14.7. The van der Waals surface area contributed by atoms with E-state index < -0.39 is 85.9 Å². The van der Waals surface area contributed by atoms with Gasteiger partial charge in [0.25, 0.3) is 5.91 Å². The average molecular weight is 836 g/mol. The number of nitrogens with zero attached hydrogens (tertiary/aromatic N) is 2. The molecule has 6 rings (SSSR count). The SMILES string of the molecule is CCOc1cnc(O[C@@H]2C[C@H]3C(=O)N[C@]4(C(=O)NS(=O)(=O)C5(C)CC5)C[C@H]4/C=C\[C@@H](C)CCC[C@@H](C)[C@H](NC(=O)OC(C)(C)C(F)(F)F)C(=O)N3C2)c2ccccc12. The summed E-state index contributed by atoms with van der Waals surface area (Å²) in [5.41, 5.74) is -4.53. The molecule has 1 aromatic carbocycles. The third kappa shape index (κ3) is 8.71. The minimum atomic E-state index is -4.91. The molecule has 2 aliphatic carbocycles. The number of pyridine rings is 1. The van der Waals surface area contributed by atoms with Gasteiger partial charge in [0, 0.05) is 23.1 Å². The van der Waals surface area contributed by atoms with Crippen molar-refractivity contribution in [2.45, 2.75) is 127 Å². The molecular formula is C40H52F3N5O9S. The molecule has 14 nitrogen and oxygen atoms in total. The minimum Gasteiger partial charge on any atom is -0.492 e. The second-order valence-electron chi connectivity index (χ2n) is 16.8. The zero-order valence-electron chi connectivity index (χ0n) is 33.5. The van der Waals surface area contributed by atoms with Crippen LogP contribution in [0.25, 0.3) is 10.8 Å². The molecular weight excluding hydrogens is 784 g/mol. The van der Waals surface area contributed by atoms with E-state index in [0.717, 1.165) is 0 Å². The van der Waals surface area contributed by atoms with Gasteiger partial charge in [-0.1, -0.05) is 50.6 Å². The van der Waals surface area contributed by atoms with Gasteiger partial charge in [0.1, 0.15) is 29.5 Å². The van der Waals surface area contributed by atoms with Crippen LogP contribution in [0.3, 0.4) is 0 Å². The van der Waals surface area contributed by atoms with E-state index in [0.29, 0.717) is 69.1 Å². The van der Waals surface area contributed by atoms with Gasteiger partial charge in [-0.2, -0.15) is 13.2 Å². The summed E-state index contributed by atoms with van der Waals surface area (Å²) in [5, 5.41) is 6.48. The van der Waals surface area contributed by atoms with Crippen molar-refractivity contribution in [3.63, 3.8) is 0 Å². The average Bonchev–Trinajstić information content (AvgIpc) is 4.03. The van der Waals surface area contributed by atoms with Gasteiger partial charge in [0.15, 0.2) is 0 Å². The van der Waals surface area contributed by atoms with E-state index in [2.05, 4.69) is 20.3 Å². The smallest absolute Gasteiger partial charge is 0.427 e. The van der Waals surface area contributed by atoms with Gasteiger partial charge in [-0.15, -0.1) is 0 Å². The molecule has 4 amide bonds. The lowest BCUT2D eigenvalue weighted by atomic mass is 9.92. The van der Waals surface area contributed by atoms with Crippen molar-refractivity contribution < 1.29 is 55.0 Å². The molecule has 1 saturated heterocycles. The number of hydrogen-bond acceptors (Lipinski definition) is 10. The largest absolute Gasteiger partial charge is 0.492 e. The summed E-state index contributed by atoms with van der Waals surface area (Å²) < 4.78 is 85.6. The van der Waals surface area contributed by atoms with Crippen molar-refractivity contribution in [1.29, 1.82) is 0 Å². The van der Waals surface area contributed by atoms with Crippen molar-refractivity contribution in [3.05, 3.63) is 42.6 Å². The van der Waals surface area contributed by atoms with Gasteiger partial charge in [-0.25, -0.2) is 18.2 Å². The summed E-state index contributed by atoms with van der Waals surface area (Å²) in [4.78, 5) is 61.9. The highest BCUT2D eigenvalue weighted by molar-refractivity contribution is 7.91. The molecule has 2 aliphatic heterocycles. The molecule has 58 heavy (non-hydrogen) atoms. The van der Waals surface area contributed by atoms with Crippen molar-refractivity contribution in [2.75, 3.05) is 13.2 Å². The first-order valence-electron chi connectivity index (χ1n) is 19.7. The first-order valence-corrected chi connectivity index (χ1v) is 21.2. The maximum atomic E-state index is 14.7.